The van der Waals surface area contributed by atoms with Crippen molar-refractivity contribution in [1.82, 2.24) is 0 Å². The predicted octanol–water partition coefficient (Wildman–Crippen LogP) is 4.19. The topological polar surface area (TPSA) is 29.1 Å². The summed E-state index contributed by atoms with van der Waals surface area (Å²) >= 11 is 5.62. The Kier molecular flexibility index (Phi) is 4.69. The Balaban J connectivity index is 1.89. The van der Waals surface area contributed by atoms with E-state index in [1.54, 1.807) is 12.1 Å². The Bertz CT molecular complexity index is 614. The zero-order chi connectivity index (χ0) is 14.5. The number of aryl methyl sites for hydroxylation is 1. The fourth-order valence-electron chi connectivity index (χ4n) is 1.71. The number of nitrogens with one attached hydrogen (secondary N) is 1. The molecule has 0 saturated carbocycles. The molecule has 2 aromatic carbocycles. The molecule has 2 rings (SSSR count). The Hall–Kier alpha value is -1.94. The summed E-state index contributed by atoms with van der Waals surface area (Å²) in [7, 11) is 0. The molecular formula is C15H12ClF2NO. The molecule has 5 heteroatoms. The molecular weight excluding hydrogens is 284 g/mol. The summed E-state index contributed by atoms with van der Waals surface area (Å²) < 4.78 is 25.7. The molecule has 0 heterocycles. The molecule has 20 heavy (non-hydrogen) atoms. The zero-order valence-corrected chi connectivity index (χ0v) is 11.3. The SMILES string of the molecule is O=C(CCc1ccc(F)cc1)Nc1ccc(F)c(Cl)c1. The van der Waals surface area contributed by atoms with E-state index in [9.17, 15) is 13.6 Å². The molecule has 0 aliphatic heterocycles. The number of carbonyl (C=O) groups excluding carboxylic acids is 1. The van der Waals surface area contributed by atoms with Gasteiger partial charge in [-0.15, -0.1) is 0 Å². The largest absolute Gasteiger partial charge is 0.326 e. The van der Waals surface area contributed by atoms with Crippen molar-refractivity contribution in [3.8, 4) is 0 Å². The van der Waals surface area contributed by atoms with Crippen molar-refractivity contribution in [2.24, 2.45) is 0 Å². The van der Waals surface area contributed by atoms with E-state index < -0.39 is 5.82 Å². The van der Waals surface area contributed by atoms with Crippen LogP contribution in [0.25, 0.3) is 0 Å². The highest BCUT2D eigenvalue weighted by molar-refractivity contribution is 6.31. The van der Waals surface area contributed by atoms with E-state index in [4.69, 9.17) is 11.6 Å². The van der Waals surface area contributed by atoms with Gasteiger partial charge in [0.05, 0.1) is 5.02 Å². The summed E-state index contributed by atoms with van der Waals surface area (Å²) in [5, 5.41) is 2.59. The Labute approximate surface area is 120 Å². The monoisotopic (exact) mass is 295 g/mol. The van der Waals surface area contributed by atoms with Crippen LogP contribution in [0, 0.1) is 11.6 Å². The van der Waals surface area contributed by atoms with E-state index in [2.05, 4.69) is 5.32 Å². The molecule has 0 aliphatic carbocycles. The second-order valence-corrected chi connectivity index (χ2v) is 4.71. The maximum absolute atomic E-state index is 13.0. The summed E-state index contributed by atoms with van der Waals surface area (Å²) in [4.78, 5) is 11.7. The molecule has 1 N–H and O–H groups in total. The van der Waals surface area contributed by atoms with Gasteiger partial charge in [0.15, 0.2) is 0 Å². The third kappa shape index (κ3) is 4.03. The normalized spacial score (nSPS) is 10.3. The first-order valence-electron chi connectivity index (χ1n) is 6.04. The third-order valence-corrected chi connectivity index (χ3v) is 3.05. The first-order chi connectivity index (χ1) is 9.54. The highest BCUT2D eigenvalue weighted by Gasteiger charge is 2.06. The van der Waals surface area contributed by atoms with E-state index >= 15 is 0 Å². The number of benzene rings is 2. The van der Waals surface area contributed by atoms with Crippen LogP contribution in [0.4, 0.5) is 14.5 Å². The van der Waals surface area contributed by atoms with E-state index in [-0.39, 0.29) is 23.2 Å². The van der Waals surface area contributed by atoms with E-state index in [1.165, 1.54) is 30.3 Å². The van der Waals surface area contributed by atoms with Crippen LogP contribution in [-0.4, -0.2) is 5.91 Å². The molecule has 0 unspecified atom stereocenters. The Morgan fingerprint density at radius 2 is 1.80 bits per heavy atom. The summed E-state index contributed by atoms with van der Waals surface area (Å²) in [6, 6.07) is 9.97. The third-order valence-electron chi connectivity index (χ3n) is 2.76. The number of carbonyl (C=O) groups is 1. The highest BCUT2D eigenvalue weighted by atomic mass is 35.5. The van der Waals surface area contributed by atoms with Crippen molar-refractivity contribution in [1.29, 1.82) is 0 Å². The van der Waals surface area contributed by atoms with Crippen LogP contribution >= 0.6 is 11.6 Å². The lowest BCUT2D eigenvalue weighted by atomic mass is 10.1. The first kappa shape index (κ1) is 14.5. The molecule has 0 atom stereocenters. The predicted molar refractivity (Wildman–Crippen MR) is 74.8 cm³/mol. The van der Waals surface area contributed by atoms with E-state index in [1.807, 2.05) is 0 Å². The molecule has 0 aliphatic rings. The fraction of sp³-hybridized carbons (Fsp3) is 0.133. The van der Waals surface area contributed by atoms with Crippen LogP contribution in [0.15, 0.2) is 42.5 Å². The molecule has 0 aromatic heterocycles. The van der Waals surface area contributed by atoms with E-state index in [0.29, 0.717) is 12.1 Å². The summed E-state index contributed by atoms with van der Waals surface area (Å²) in [5.74, 6) is -1.05. The van der Waals surface area contributed by atoms with Gasteiger partial charge >= 0.3 is 0 Å². The molecule has 2 aromatic rings. The minimum atomic E-state index is -0.532. The molecule has 1 amide bonds. The first-order valence-corrected chi connectivity index (χ1v) is 6.42. The lowest BCUT2D eigenvalue weighted by Crippen LogP contribution is -2.12. The molecule has 0 radical (unpaired) electrons. The zero-order valence-electron chi connectivity index (χ0n) is 10.5. The average Bonchev–Trinajstić information content (AvgIpc) is 2.42. The Morgan fingerprint density at radius 1 is 1.10 bits per heavy atom. The Morgan fingerprint density at radius 3 is 2.45 bits per heavy atom. The van der Waals surface area contributed by atoms with Crippen LogP contribution in [0.3, 0.4) is 0 Å². The van der Waals surface area contributed by atoms with Gasteiger partial charge in [0.1, 0.15) is 11.6 Å². The van der Waals surface area contributed by atoms with Gasteiger partial charge in [-0.25, -0.2) is 8.78 Å². The molecule has 0 spiro atoms. The quantitative estimate of drug-likeness (QED) is 0.900. The number of hydrogen-bond donors (Lipinski definition) is 1. The van der Waals surface area contributed by atoms with E-state index in [0.717, 1.165) is 5.56 Å². The minimum Gasteiger partial charge on any atom is -0.326 e. The second-order valence-electron chi connectivity index (χ2n) is 4.30. The number of amides is 1. The molecule has 2 nitrogen and oxygen atoms in total. The van der Waals surface area contributed by atoms with Crippen molar-refractivity contribution in [3.05, 3.63) is 64.7 Å². The van der Waals surface area contributed by atoms with Gasteiger partial charge in [-0.1, -0.05) is 23.7 Å². The lowest BCUT2D eigenvalue weighted by Gasteiger charge is -2.06. The van der Waals surface area contributed by atoms with Gasteiger partial charge in [0.25, 0.3) is 0 Å². The van der Waals surface area contributed by atoms with Crippen LogP contribution in [0.1, 0.15) is 12.0 Å². The standard InChI is InChI=1S/C15H12ClF2NO/c16-13-9-12(6-7-14(13)18)19-15(20)8-3-10-1-4-11(17)5-2-10/h1-2,4-7,9H,3,8H2,(H,19,20). The summed E-state index contributed by atoms with van der Waals surface area (Å²) in [6.07, 6.45) is 0.752. The van der Waals surface area contributed by atoms with Crippen molar-refractivity contribution in [3.63, 3.8) is 0 Å². The van der Waals surface area contributed by atoms with Gasteiger partial charge in [-0.3, -0.25) is 4.79 Å². The van der Waals surface area contributed by atoms with Gasteiger partial charge in [0.2, 0.25) is 5.91 Å². The lowest BCUT2D eigenvalue weighted by molar-refractivity contribution is -0.116. The van der Waals surface area contributed by atoms with Crippen LogP contribution in [0.5, 0.6) is 0 Å². The fourth-order valence-corrected chi connectivity index (χ4v) is 1.89. The number of halogens is 3. The van der Waals surface area contributed by atoms with Crippen LogP contribution in [0.2, 0.25) is 5.02 Å². The van der Waals surface area contributed by atoms with Crippen molar-refractivity contribution >= 4 is 23.2 Å². The maximum Gasteiger partial charge on any atom is 0.224 e. The average molecular weight is 296 g/mol. The van der Waals surface area contributed by atoms with Crippen molar-refractivity contribution < 1.29 is 13.6 Å². The molecule has 0 bridgehead atoms. The summed E-state index contributed by atoms with van der Waals surface area (Å²) in [5.41, 5.74) is 1.32. The summed E-state index contributed by atoms with van der Waals surface area (Å²) in [6.45, 7) is 0. The minimum absolute atomic E-state index is 0.0404. The number of anilines is 1. The van der Waals surface area contributed by atoms with Gasteiger partial charge < -0.3 is 5.32 Å². The molecule has 0 fully saturated rings. The number of rotatable bonds is 4. The van der Waals surface area contributed by atoms with Crippen LogP contribution in [-0.2, 0) is 11.2 Å². The van der Waals surface area contributed by atoms with Gasteiger partial charge in [-0.2, -0.15) is 0 Å². The smallest absolute Gasteiger partial charge is 0.224 e. The van der Waals surface area contributed by atoms with Crippen LogP contribution < -0.4 is 5.32 Å². The molecule has 104 valence electrons. The van der Waals surface area contributed by atoms with Gasteiger partial charge in [0, 0.05) is 12.1 Å². The maximum atomic E-state index is 13.0. The number of hydrogen-bond acceptors (Lipinski definition) is 1. The highest BCUT2D eigenvalue weighted by Crippen LogP contribution is 2.19. The van der Waals surface area contributed by atoms with Crippen molar-refractivity contribution in [2.45, 2.75) is 12.8 Å². The molecule has 0 saturated heterocycles. The van der Waals surface area contributed by atoms with Crippen molar-refractivity contribution in [2.75, 3.05) is 5.32 Å². The second kappa shape index (κ2) is 6.48. The van der Waals surface area contributed by atoms with Gasteiger partial charge in [-0.05, 0) is 42.3 Å².